The summed E-state index contributed by atoms with van der Waals surface area (Å²) in [4.78, 5) is 11.5. The minimum absolute atomic E-state index is 0.310. The number of hydrogen-bond acceptors (Lipinski definition) is 3. The summed E-state index contributed by atoms with van der Waals surface area (Å²) in [5, 5.41) is 6.34. The first-order chi connectivity index (χ1) is 7.90. The largest absolute Gasteiger partial charge is 0.444 e. The van der Waals surface area contributed by atoms with Crippen LogP contribution in [-0.2, 0) is 4.74 Å². The summed E-state index contributed by atoms with van der Waals surface area (Å²) in [6, 6.07) is 0.660. The van der Waals surface area contributed by atoms with Gasteiger partial charge in [-0.05, 0) is 52.5 Å². The van der Waals surface area contributed by atoms with E-state index in [0.29, 0.717) is 18.5 Å². The summed E-state index contributed by atoms with van der Waals surface area (Å²) in [5.41, 5.74) is -0.414. The highest BCUT2D eigenvalue weighted by atomic mass is 16.6. The molecule has 0 aromatic rings. The smallest absolute Gasteiger partial charge is 0.407 e. The van der Waals surface area contributed by atoms with Crippen LogP contribution in [0.5, 0.6) is 0 Å². The van der Waals surface area contributed by atoms with E-state index in [0.717, 1.165) is 6.54 Å². The average molecular weight is 242 g/mol. The monoisotopic (exact) mass is 242 g/mol. The van der Waals surface area contributed by atoms with Crippen LogP contribution in [0.4, 0.5) is 4.79 Å². The summed E-state index contributed by atoms with van der Waals surface area (Å²) in [7, 11) is 0. The molecule has 2 unspecified atom stereocenters. The van der Waals surface area contributed by atoms with Crippen LogP contribution >= 0.6 is 0 Å². The second-order valence-electron chi connectivity index (χ2n) is 5.84. The Kier molecular flexibility index (Phi) is 5.25. The third kappa shape index (κ3) is 5.91. The second kappa shape index (κ2) is 6.24. The molecule has 0 aromatic carbocycles. The molecule has 0 saturated carbocycles. The third-order valence-corrected chi connectivity index (χ3v) is 3.05. The van der Waals surface area contributed by atoms with Crippen molar-refractivity contribution in [3.05, 3.63) is 0 Å². The fourth-order valence-corrected chi connectivity index (χ4v) is 2.04. The fourth-order valence-electron chi connectivity index (χ4n) is 2.04. The zero-order valence-corrected chi connectivity index (χ0v) is 11.5. The van der Waals surface area contributed by atoms with E-state index >= 15 is 0 Å². The fraction of sp³-hybridized carbons (Fsp3) is 0.923. The Morgan fingerprint density at radius 1 is 1.41 bits per heavy atom. The first-order valence-corrected chi connectivity index (χ1v) is 6.61. The maximum atomic E-state index is 11.5. The van der Waals surface area contributed by atoms with Crippen molar-refractivity contribution in [2.45, 2.75) is 58.6 Å². The van der Waals surface area contributed by atoms with Crippen molar-refractivity contribution < 1.29 is 9.53 Å². The summed E-state index contributed by atoms with van der Waals surface area (Å²) < 4.78 is 5.20. The van der Waals surface area contributed by atoms with Crippen molar-refractivity contribution in [2.24, 2.45) is 5.92 Å². The van der Waals surface area contributed by atoms with Crippen LogP contribution in [0.15, 0.2) is 0 Å². The predicted octanol–water partition coefficient (Wildman–Crippen LogP) is 2.29. The molecule has 0 spiro atoms. The van der Waals surface area contributed by atoms with Crippen molar-refractivity contribution >= 4 is 6.09 Å². The highest BCUT2D eigenvalue weighted by Gasteiger charge is 2.21. The van der Waals surface area contributed by atoms with Crippen molar-refractivity contribution in [1.29, 1.82) is 0 Å². The molecule has 0 aliphatic carbocycles. The number of carbonyl (C=O) groups is 1. The molecule has 2 N–H and O–H groups in total. The van der Waals surface area contributed by atoms with Crippen molar-refractivity contribution in [2.75, 3.05) is 13.1 Å². The lowest BCUT2D eigenvalue weighted by atomic mass is 9.93. The molecular weight excluding hydrogens is 216 g/mol. The van der Waals surface area contributed by atoms with Gasteiger partial charge in [0.15, 0.2) is 0 Å². The Morgan fingerprint density at radius 2 is 2.12 bits per heavy atom. The lowest BCUT2D eigenvalue weighted by Gasteiger charge is -2.29. The van der Waals surface area contributed by atoms with Gasteiger partial charge in [-0.3, -0.25) is 0 Å². The van der Waals surface area contributed by atoms with E-state index in [2.05, 4.69) is 17.6 Å². The van der Waals surface area contributed by atoms with E-state index in [1.807, 2.05) is 20.8 Å². The second-order valence-corrected chi connectivity index (χ2v) is 5.84. The Morgan fingerprint density at radius 3 is 2.59 bits per heavy atom. The van der Waals surface area contributed by atoms with Gasteiger partial charge in [0.05, 0.1) is 0 Å². The first-order valence-electron chi connectivity index (χ1n) is 6.61. The average Bonchev–Trinajstić information content (AvgIpc) is 2.25. The van der Waals surface area contributed by atoms with Gasteiger partial charge in [0.25, 0.3) is 0 Å². The quantitative estimate of drug-likeness (QED) is 0.798. The standard InChI is InChI=1S/C13H26N2O2/c1-5-11-7-6-10(8-14-11)9-15-12(16)17-13(2,3)4/h10-11,14H,5-9H2,1-4H3,(H,15,16). The maximum absolute atomic E-state index is 11.5. The molecule has 4 heteroatoms. The number of alkyl carbamates (subject to hydrolysis) is 1. The number of rotatable bonds is 3. The van der Waals surface area contributed by atoms with E-state index in [-0.39, 0.29) is 6.09 Å². The van der Waals surface area contributed by atoms with Crippen LogP contribution in [-0.4, -0.2) is 30.8 Å². The van der Waals surface area contributed by atoms with Gasteiger partial charge >= 0.3 is 6.09 Å². The summed E-state index contributed by atoms with van der Waals surface area (Å²) >= 11 is 0. The van der Waals surface area contributed by atoms with Crippen molar-refractivity contribution in [3.8, 4) is 0 Å². The molecule has 1 fully saturated rings. The zero-order valence-electron chi connectivity index (χ0n) is 11.5. The highest BCUT2D eigenvalue weighted by Crippen LogP contribution is 2.15. The lowest BCUT2D eigenvalue weighted by molar-refractivity contribution is 0.0515. The van der Waals surface area contributed by atoms with Crippen LogP contribution in [0.25, 0.3) is 0 Å². The van der Waals surface area contributed by atoms with Gasteiger partial charge in [0.1, 0.15) is 5.60 Å². The number of piperidine rings is 1. The van der Waals surface area contributed by atoms with Gasteiger partial charge in [-0.2, -0.15) is 0 Å². The van der Waals surface area contributed by atoms with E-state index in [1.165, 1.54) is 19.3 Å². The van der Waals surface area contributed by atoms with E-state index in [4.69, 9.17) is 4.74 Å². The number of ether oxygens (including phenoxy) is 1. The number of nitrogens with one attached hydrogen (secondary N) is 2. The zero-order chi connectivity index (χ0) is 12.9. The minimum Gasteiger partial charge on any atom is -0.444 e. The van der Waals surface area contributed by atoms with Gasteiger partial charge in [0.2, 0.25) is 0 Å². The molecule has 1 aliphatic heterocycles. The molecule has 1 aliphatic rings. The van der Waals surface area contributed by atoms with Crippen LogP contribution in [0, 0.1) is 5.92 Å². The van der Waals surface area contributed by atoms with Crippen LogP contribution in [0.3, 0.4) is 0 Å². The van der Waals surface area contributed by atoms with Crippen LogP contribution in [0.2, 0.25) is 0 Å². The normalized spacial score (nSPS) is 25.4. The number of amides is 1. The highest BCUT2D eigenvalue weighted by molar-refractivity contribution is 5.67. The summed E-state index contributed by atoms with van der Waals surface area (Å²) in [6.07, 6.45) is 3.26. The number of carbonyl (C=O) groups excluding carboxylic acids is 1. The Balaban J connectivity index is 2.17. The number of hydrogen-bond donors (Lipinski definition) is 2. The minimum atomic E-state index is -0.414. The molecule has 0 aromatic heterocycles. The molecule has 0 bridgehead atoms. The molecule has 17 heavy (non-hydrogen) atoms. The topological polar surface area (TPSA) is 50.4 Å². The Labute approximate surface area is 104 Å². The van der Waals surface area contributed by atoms with E-state index < -0.39 is 5.60 Å². The summed E-state index contributed by atoms with van der Waals surface area (Å²) in [5.74, 6) is 0.533. The molecule has 1 heterocycles. The molecule has 1 amide bonds. The molecule has 1 rings (SSSR count). The maximum Gasteiger partial charge on any atom is 0.407 e. The van der Waals surface area contributed by atoms with Crippen LogP contribution < -0.4 is 10.6 Å². The third-order valence-electron chi connectivity index (χ3n) is 3.05. The van der Waals surface area contributed by atoms with E-state index in [9.17, 15) is 4.79 Å². The SMILES string of the molecule is CCC1CCC(CNC(=O)OC(C)(C)C)CN1. The molecule has 0 radical (unpaired) electrons. The summed E-state index contributed by atoms with van der Waals surface area (Å²) in [6.45, 7) is 9.53. The lowest BCUT2D eigenvalue weighted by Crippen LogP contribution is -2.43. The van der Waals surface area contributed by atoms with Gasteiger partial charge in [0, 0.05) is 12.6 Å². The molecule has 2 atom stereocenters. The first kappa shape index (κ1) is 14.3. The van der Waals surface area contributed by atoms with Gasteiger partial charge in [-0.1, -0.05) is 6.92 Å². The Hall–Kier alpha value is -0.770. The molecule has 100 valence electrons. The molecular formula is C13H26N2O2. The van der Waals surface area contributed by atoms with Gasteiger partial charge < -0.3 is 15.4 Å². The predicted molar refractivity (Wildman–Crippen MR) is 69.0 cm³/mol. The van der Waals surface area contributed by atoms with Crippen molar-refractivity contribution in [1.82, 2.24) is 10.6 Å². The van der Waals surface area contributed by atoms with Gasteiger partial charge in [-0.25, -0.2) is 4.79 Å². The molecule has 4 nitrogen and oxygen atoms in total. The van der Waals surface area contributed by atoms with E-state index in [1.54, 1.807) is 0 Å². The Bertz CT molecular complexity index is 240. The van der Waals surface area contributed by atoms with Crippen LogP contribution in [0.1, 0.15) is 47.0 Å². The molecule has 1 saturated heterocycles. The van der Waals surface area contributed by atoms with Crippen molar-refractivity contribution in [3.63, 3.8) is 0 Å². The van der Waals surface area contributed by atoms with Gasteiger partial charge in [-0.15, -0.1) is 0 Å².